The second kappa shape index (κ2) is 4.91. The van der Waals surface area contributed by atoms with E-state index >= 15 is 0 Å². The summed E-state index contributed by atoms with van der Waals surface area (Å²) in [5.41, 5.74) is -1.15. The van der Waals surface area contributed by atoms with E-state index < -0.39 is 5.60 Å². The molecular formula is C10H16O2. The zero-order chi connectivity index (χ0) is 9.61. The van der Waals surface area contributed by atoms with Gasteiger partial charge in [-0.05, 0) is 6.92 Å². The topological polar surface area (TPSA) is 29.5 Å². The Labute approximate surface area is 73.9 Å². The van der Waals surface area contributed by atoms with Crippen molar-refractivity contribution < 1.29 is 9.84 Å². The van der Waals surface area contributed by atoms with Crippen molar-refractivity contribution in [2.75, 3.05) is 6.61 Å². The van der Waals surface area contributed by atoms with Gasteiger partial charge >= 0.3 is 0 Å². The van der Waals surface area contributed by atoms with E-state index in [4.69, 9.17) is 4.74 Å². The monoisotopic (exact) mass is 168 g/mol. The third-order valence-electron chi connectivity index (χ3n) is 1.77. The SMILES string of the molecule is C=CCOC(C)C(O)(C=C)C=C. The van der Waals surface area contributed by atoms with Crippen LogP contribution in [0.1, 0.15) is 6.92 Å². The summed E-state index contributed by atoms with van der Waals surface area (Å²) in [5, 5.41) is 9.73. The van der Waals surface area contributed by atoms with Gasteiger partial charge in [-0.25, -0.2) is 0 Å². The minimum atomic E-state index is -1.15. The molecule has 1 N–H and O–H groups in total. The summed E-state index contributed by atoms with van der Waals surface area (Å²) in [5.74, 6) is 0. The molecule has 0 saturated heterocycles. The van der Waals surface area contributed by atoms with Crippen LogP contribution in [0.5, 0.6) is 0 Å². The van der Waals surface area contributed by atoms with Crippen LogP contribution < -0.4 is 0 Å². The molecule has 0 fully saturated rings. The molecular weight excluding hydrogens is 152 g/mol. The van der Waals surface area contributed by atoms with Gasteiger partial charge in [0.15, 0.2) is 0 Å². The van der Waals surface area contributed by atoms with Crippen LogP contribution >= 0.6 is 0 Å². The first-order chi connectivity index (χ1) is 5.60. The van der Waals surface area contributed by atoms with Crippen molar-refractivity contribution in [1.29, 1.82) is 0 Å². The molecule has 0 aliphatic carbocycles. The molecule has 0 radical (unpaired) electrons. The van der Waals surface area contributed by atoms with Crippen molar-refractivity contribution in [2.45, 2.75) is 18.6 Å². The number of ether oxygens (including phenoxy) is 1. The van der Waals surface area contributed by atoms with Gasteiger partial charge in [-0.2, -0.15) is 0 Å². The average molecular weight is 168 g/mol. The summed E-state index contributed by atoms with van der Waals surface area (Å²) < 4.78 is 5.23. The largest absolute Gasteiger partial charge is 0.379 e. The molecule has 0 aromatic carbocycles. The molecule has 2 heteroatoms. The summed E-state index contributed by atoms with van der Waals surface area (Å²) in [4.78, 5) is 0. The van der Waals surface area contributed by atoms with E-state index in [9.17, 15) is 5.11 Å². The maximum atomic E-state index is 9.73. The maximum absolute atomic E-state index is 9.73. The second-order valence-corrected chi connectivity index (χ2v) is 2.56. The minimum Gasteiger partial charge on any atom is -0.379 e. The summed E-state index contributed by atoms with van der Waals surface area (Å²) in [6.45, 7) is 12.7. The van der Waals surface area contributed by atoms with E-state index in [0.29, 0.717) is 6.61 Å². The van der Waals surface area contributed by atoms with Crippen LogP contribution in [0.25, 0.3) is 0 Å². The Morgan fingerprint density at radius 1 is 1.42 bits per heavy atom. The van der Waals surface area contributed by atoms with Crippen molar-refractivity contribution in [2.24, 2.45) is 0 Å². The molecule has 12 heavy (non-hydrogen) atoms. The predicted octanol–water partition coefficient (Wildman–Crippen LogP) is 1.68. The summed E-state index contributed by atoms with van der Waals surface area (Å²) >= 11 is 0. The molecule has 0 bridgehead atoms. The average Bonchev–Trinajstić information content (AvgIpc) is 2.12. The Hall–Kier alpha value is -0.860. The van der Waals surface area contributed by atoms with Gasteiger partial charge in [-0.15, -0.1) is 6.58 Å². The normalized spacial score (nSPS) is 13.5. The highest BCUT2D eigenvalue weighted by Crippen LogP contribution is 2.16. The summed E-state index contributed by atoms with van der Waals surface area (Å²) in [7, 11) is 0. The molecule has 2 nitrogen and oxygen atoms in total. The lowest BCUT2D eigenvalue weighted by atomic mass is 9.98. The van der Waals surface area contributed by atoms with Gasteiger partial charge in [0.05, 0.1) is 12.7 Å². The van der Waals surface area contributed by atoms with Gasteiger partial charge in [0.1, 0.15) is 5.60 Å². The number of hydrogen-bond acceptors (Lipinski definition) is 2. The fraction of sp³-hybridized carbons (Fsp3) is 0.400. The lowest BCUT2D eigenvalue weighted by molar-refractivity contribution is -0.0349. The number of rotatable bonds is 6. The smallest absolute Gasteiger partial charge is 0.126 e. The van der Waals surface area contributed by atoms with Gasteiger partial charge in [-0.3, -0.25) is 0 Å². The Bertz CT molecular complexity index is 165. The molecule has 0 heterocycles. The molecule has 0 spiro atoms. The van der Waals surface area contributed by atoms with Crippen molar-refractivity contribution in [3.8, 4) is 0 Å². The van der Waals surface area contributed by atoms with Crippen LogP contribution in [0, 0.1) is 0 Å². The number of aliphatic hydroxyl groups is 1. The highest BCUT2D eigenvalue weighted by molar-refractivity contribution is 5.11. The zero-order valence-electron chi connectivity index (χ0n) is 7.49. The minimum absolute atomic E-state index is 0.356. The van der Waals surface area contributed by atoms with E-state index in [1.165, 1.54) is 12.2 Å². The lowest BCUT2D eigenvalue weighted by Gasteiger charge is -2.27. The highest BCUT2D eigenvalue weighted by atomic mass is 16.5. The van der Waals surface area contributed by atoms with E-state index in [2.05, 4.69) is 19.7 Å². The fourth-order valence-electron chi connectivity index (χ4n) is 0.761. The van der Waals surface area contributed by atoms with Gasteiger partial charge in [0.2, 0.25) is 0 Å². The van der Waals surface area contributed by atoms with E-state index in [-0.39, 0.29) is 6.10 Å². The van der Waals surface area contributed by atoms with Gasteiger partial charge in [0, 0.05) is 0 Å². The van der Waals surface area contributed by atoms with Gasteiger partial charge < -0.3 is 9.84 Å². The Balaban J connectivity index is 4.20. The molecule has 0 saturated carbocycles. The van der Waals surface area contributed by atoms with Crippen LogP contribution in [0.4, 0.5) is 0 Å². The fourth-order valence-corrected chi connectivity index (χ4v) is 0.761. The molecule has 1 atom stereocenters. The van der Waals surface area contributed by atoms with Crippen LogP contribution in [-0.4, -0.2) is 23.4 Å². The lowest BCUT2D eigenvalue weighted by Crippen LogP contribution is -2.37. The van der Waals surface area contributed by atoms with Crippen LogP contribution in [0.15, 0.2) is 38.0 Å². The van der Waals surface area contributed by atoms with Gasteiger partial charge in [-0.1, -0.05) is 31.4 Å². The molecule has 0 rings (SSSR count). The van der Waals surface area contributed by atoms with E-state index in [0.717, 1.165) is 0 Å². The first kappa shape index (κ1) is 11.1. The Kier molecular flexibility index (Phi) is 4.55. The van der Waals surface area contributed by atoms with Crippen molar-refractivity contribution in [3.63, 3.8) is 0 Å². The van der Waals surface area contributed by atoms with Crippen LogP contribution in [-0.2, 0) is 4.74 Å². The first-order valence-electron chi connectivity index (χ1n) is 3.82. The van der Waals surface area contributed by atoms with Crippen molar-refractivity contribution in [1.82, 2.24) is 0 Å². The van der Waals surface area contributed by atoms with Crippen molar-refractivity contribution >= 4 is 0 Å². The molecule has 1 unspecified atom stereocenters. The standard InChI is InChI=1S/C10H16O2/c1-5-8-12-9(4)10(11,6-2)7-3/h5-7,9,11H,1-3,8H2,4H3. The van der Waals surface area contributed by atoms with Crippen LogP contribution in [0.3, 0.4) is 0 Å². The second-order valence-electron chi connectivity index (χ2n) is 2.56. The summed E-state index contributed by atoms with van der Waals surface area (Å²) in [6.07, 6.45) is 4.09. The van der Waals surface area contributed by atoms with E-state index in [1.807, 2.05) is 0 Å². The summed E-state index contributed by atoms with van der Waals surface area (Å²) in [6, 6.07) is 0. The Morgan fingerprint density at radius 3 is 2.25 bits per heavy atom. The third-order valence-corrected chi connectivity index (χ3v) is 1.77. The number of hydrogen-bond donors (Lipinski definition) is 1. The molecule has 0 aliphatic rings. The first-order valence-corrected chi connectivity index (χ1v) is 3.82. The van der Waals surface area contributed by atoms with E-state index in [1.54, 1.807) is 13.0 Å². The quantitative estimate of drug-likeness (QED) is 0.611. The van der Waals surface area contributed by atoms with Gasteiger partial charge in [0.25, 0.3) is 0 Å². The molecule has 0 aromatic rings. The molecule has 0 aromatic heterocycles. The zero-order valence-corrected chi connectivity index (χ0v) is 7.49. The highest BCUT2D eigenvalue weighted by Gasteiger charge is 2.26. The van der Waals surface area contributed by atoms with Crippen molar-refractivity contribution in [3.05, 3.63) is 38.0 Å². The Morgan fingerprint density at radius 2 is 1.92 bits per heavy atom. The molecule has 68 valence electrons. The molecule has 0 aliphatic heterocycles. The molecule has 0 amide bonds. The van der Waals surface area contributed by atoms with Crippen LogP contribution in [0.2, 0.25) is 0 Å². The predicted molar refractivity (Wildman–Crippen MR) is 51.0 cm³/mol. The maximum Gasteiger partial charge on any atom is 0.126 e. The third kappa shape index (κ3) is 2.64.